The molecule has 29 heavy (non-hydrogen) atoms. The predicted molar refractivity (Wildman–Crippen MR) is 106 cm³/mol. The van der Waals surface area contributed by atoms with Crippen LogP contribution in [0.3, 0.4) is 0 Å². The fraction of sp³-hybridized carbons (Fsp3) is 0.381. The van der Waals surface area contributed by atoms with Gasteiger partial charge in [0.05, 0.1) is 25.0 Å². The predicted octanol–water partition coefficient (Wildman–Crippen LogP) is 2.58. The van der Waals surface area contributed by atoms with E-state index in [-0.39, 0.29) is 17.2 Å². The zero-order chi connectivity index (χ0) is 20.5. The molecule has 7 nitrogen and oxygen atoms in total. The quantitative estimate of drug-likeness (QED) is 0.749. The van der Waals surface area contributed by atoms with Gasteiger partial charge in [-0.2, -0.15) is 4.31 Å². The number of hydroxylamine groups is 2. The highest BCUT2D eigenvalue weighted by Gasteiger charge is 2.48. The molecule has 0 unspecified atom stereocenters. The van der Waals surface area contributed by atoms with Crippen molar-refractivity contribution < 1.29 is 22.8 Å². The zero-order valence-corrected chi connectivity index (χ0v) is 17.1. The minimum atomic E-state index is -3.62. The third kappa shape index (κ3) is 4.01. The normalized spacial score (nSPS) is 19.6. The van der Waals surface area contributed by atoms with Crippen LogP contribution in [0.15, 0.2) is 59.5 Å². The molecule has 2 saturated heterocycles. The number of carbonyl (C=O) groups excluding carboxylic acids is 1. The SMILES string of the molecule is COc1cccc(S(=O)(=O)N2CCC3(CC2)CC(=O)N(Cc2ccccc2)O3)c1. The van der Waals surface area contributed by atoms with Crippen LogP contribution < -0.4 is 4.74 Å². The van der Waals surface area contributed by atoms with Crippen molar-refractivity contribution in [3.63, 3.8) is 0 Å². The number of piperidine rings is 1. The molecular formula is C21H24N2O5S. The molecule has 2 aromatic rings. The van der Waals surface area contributed by atoms with E-state index in [1.165, 1.54) is 22.5 Å². The van der Waals surface area contributed by atoms with Gasteiger partial charge in [0.2, 0.25) is 15.9 Å². The van der Waals surface area contributed by atoms with Crippen LogP contribution >= 0.6 is 0 Å². The maximum atomic E-state index is 13.0. The molecule has 0 atom stereocenters. The number of hydrogen-bond acceptors (Lipinski definition) is 5. The second-order valence-corrected chi connectivity index (χ2v) is 9.39. The molecule has 0 N–H and O–H groups in total. The van der Waals surface area contributed by atoms with E-state index in [1.54, 1.807) is 18.2 Å². The fourth-order valence-electron chi connectivity index (χ4n) is 3.86. The lowest BCUT2D eigenvalue weighted by Crippen LogP contribution is -2.46. The van der Waals surface area contributed by atoms with E-state index in [0.717, 1.165) is 5.56 Å². The van der Waals surface area contributed by atoms with Gasteiger partial charge in [-0.3, -0.25) is 9.63 Å². The maximum absolute atomic E-state index is 13.0. The van der Waals surface area contributed by atoms with Gasteiger partial charge >= 0.3 is 0 Å². The van der Waals surface area contributed by atoms with Gasteiger partial charge in [0.1, 0.15) is 11.4 Å². The summed E-state index contributed by atoms with van der Waals surface area (Å²) in [6.45, 7) is 1.02. The van der Waals surface area contributed by atoms with Gasteiger partial charge < -0.3 is 4.74 Å². The van der Waals surface area contributed by atoms with Crippen LogP contribution in [0.4, 0.5) is 0 Å². The van der Waals surface area contributed by atoms with Gasteiger partial charge in [-0.1, -0.05) is 36.4 Å². The Morgan fingerprint density at radius 2 is 1.79 bits per heavy atom. The Hall–Kier alpha value is -2.42. The molecule has 154 valence electrons. The Morgan fingerprint density at radius 1 is 1.07 bits per heavy atom. The van der Waals surface area contributed by atoms with Crippen molar-refractivity contribution in [2.75, 3.05) is 20.2 Å². The number of hydrogen-bond donors (Lipinski definition) is 0. The number of carbonyl (C=O) groups is 1. The standard InChI is InChI=1S/C21H24N2O5S/c1-27-18-8-5-9-19(14-18)29(25,26)22-12-10-21(11-13-22)15-20(24)23(28-21)16-17-6-3-2-4-7-17/h2-9,14H,10-13,15-16H2,1H3. The van der Waals surface area contributed by atoms with E-state index < -0.39 is 15.6 Å². The van der Waals surface area contributed by atoms with Crippen molar-refractivity contribution in [1.82, 2.24) is 9.37 Å². The number of sulfonamides is 1. The average molecular weight is 416 g/mol. The molecule has 1 spiro atoms. The zero-order valence-electron chi connectivity index (χ0n) is 16.3. The Balaban J connectivity index is 1.43. The number of ether oxygens (including phenoxy) is 1. The maximum Gasteiger partial charge on any atom is 0.249 e. The minimum Gasteiger partial charge on any atom is -0.497 e. The van der Waals surface area contributed by atoms with Crippen molar-refractivity contribution in [2.24, 2.45) is 0 Å². The minimum absolute atomic E-state index is 0.0574. The molecule has 2 aliphatic heterocycles. The summed E-state index contributed by atoms with van der Waals surface area (Å²) in [6.07, 6.45) is 1.24. The van der Waals surface area contributed by atoms with Crippen molar-refractivity contribution in [1.29, 1.82) is 0 Å². The monoisotopic (exact) mass is 416 g/mol. The van der Waals surface area contributed by atoms with E-state index in [2.05, 4.69) is 0 Å². The van der Waals surface area contributed by atoms with E-state index in [4.69, 9.17) is 9.57 Å². The Morgan fingerprint density at radius 3 is 2.48 bits per heavy atom. The summed E-state index contributed by atoms with van der Waals surface area (Å²) in [7, 11) is -2.11. The van der Waals surface area contributed by atoms with Gasteiger partial charge in [-0.15, -0.1) is 0 Å². The summed E-state index contributed by atoms with van der Waals surface area (Å²) in [6, 6.07) is 16.1. The van der Waals surface area contributed by atoms with Gasteiger partial charge in [-0.25, -0.2) is 13.5 Å². The second kappa shape index (κ2) is 7.78. The smallest absolute Gasteiger partial charge is 0.249 e. The highest BCUT2D eigenvalue weighted by molar-refractivity contribution is 7.89. The number of rotatable bonds is 5. The highest BCUT2D eigenvalue weighted by Crippen LogP contribution is 2.38. The van der Waals surface area contributed by atoms with Crippen LogP contribution in [0.5, 0.6) is 5.75 Å². The summed E-state index contributed by atoms with van der Waals surface area (Å²) in [5, 5.41) is 1.42. The Kier molecular flexibility index (Phi) is 5.33. The number of methoxy groups -OCH3 is 1. The first-order chi connectivity index (χ1) is 13.9. The lowest BCUT2D eigenvalue weighted by Gasteiger charge is -2.37. The molecule has 0 aliphatic carbocycles. The Labute approximate surface area is 170 Å². The van der Waals surface area contributed by atoms with Crippen molar-refractivity contribution in [3.05, 3.63) is 60.2 Å². The van der Waals surface area contributed by atoms with Gasteiger partial charge in [-0.05, 0) is 30.5 Å². The summed E-state index contributed by atoms with van der Waals surface area (Å²) in [5.74, 6) is 0.443. The summed E-state index contributed by atoms with van der Waals surface area (Å²) in [5.41, 5.74) is 0.377. The molecule has 1 amide bonds. The van der Waals surface area contributed by atoms with Crippen molar-refractivity contribution >= 4 is 15.9 Å². The molecule has 0 saturated carbocycles. The first-order valence-electron chi connectivity index (χ1n) is 9.60. The van der Waals surface area contributed by atoms with Crippen molar-refractivity contribution in [3.8, 4) is 5.75 Å². The van der Waals surface area contributed by atoms with E-state index >= 15 is 0 Å². The molecular weight excluding hydrogens is 392 g/mol. The van der Waals surface area contributed by atoms with Crippen LogP contribution in [0.2, 0.25) is 0 Å². The molecule has 2 aliphatic rings. The van der Waals surface area contributed by atoms with E-state index in [0.29, 0.717) is 38.2 Å². The Bertz CT molecular complexity index is 985. The summed E-state index contributed by atoms with van der Waals surface area (Å²) in [4.78, 5) is 18.7. The molecule has 2 fully saturated rings. The average Bonchev–Trinajstić information content (AvgIpc) is 3.03. The number of nitrogens with zero attached hydrogens (tertiary/aromatic N) is 2. The molecule has 2 heterocycles. The number of amides is 1. The first-order valence-corrected chi connectivity index (χ1v) is 11.0. The molecule has 8 heteroatoms. The van der Waals surface area contributed by atoms with Gasteiger partial charge in [0.15, 0.2) is 0 Å². The van der Waals surface area contributed by atoms with Crippen LogP contribution in [-0.4, -0.2) is 49.5 Å². The first kappa shape index (κ1) is 19.9. The lowest BCUT2D eigenvalue weighted by atomic mass is 9.89. The topological polar surface area (TPSA) is 76.2 Å². The third-order valence-electron chi connectivity index (χ3n) is 5.54. The molecule has 0 radical (unpaired) electrons. The van der Waals surface area contributed by atoms with Crippen LogP contribution in [0.1, 0.15) is 24.8 Å². The fourth-order valence-corrected chi connectivity index (χ4v) is 5.34. The number of benzene rings is 2. The molecule has 4 rings (SSSR count). The van der Waals surface area contributed by atoms with Crippen molar-refractivity contribution in [2.45, 2.75) is 36.3 Å². The highest BCUT2D eigenvalue weighted by atomic mass is 32.2. The van der Waals surface area contributed by atoms with Gasteiger partial charge in [0, 0.05) is 19.2 Å². The van der Waals surface area contributed by atoms with E-state index in [1.807, 2.05) is 30.3 Å². The third-order valence-corrected chi connectivity index (χ3v) is 7.43. The summed E-state index contributed by atoms with van der Waals surface area (Å²) >= 11 is 0. The van der Waals surface area contributed by atoms with E-state index in [9.17, 15) is 13.2 Å². The summed E-state index contributed by atoms with van der Waals surface area (Å²) < 4.78 is 32.6. The molecule has 0 aromatic heterocycles. The van der Waals surface area contributed by atoms with Crippen LogP contribution in [0, 0.1) is 0 Å². The van der Waals surface area contributed by atoms with Crippen LogP contribution in [0.25, 0.3) is 0 Å². The molecule has 2 aromatic carbocycles. The van der Waals surface area contributed by atoms with Crippen LogP contribution in [-0.2, 0) is 26.2 Å². The largest absolute Gasteiger partial charge is 0.497 e. The van der Waals surface area contributed by atoms with Gasteiger partial charge in [0.25, 0.3) is 0 Å². The lowest BCUT2D eigenvalue weighted by molar-refractivity contribution is -0.212. The second-order valence-electron chi connectivity index (χ2n) is 7.45. The molecule has 0 bridgehead atoms.